The Labute approximate surface area is 130 Å². The summed E-state index contributed by atoms with van der Waals surface area (Å²) in [6.07, 6.45) is 6.16. The number of methoxy groups -OCH3 is 1. The maximum atomic E-state index is 13.0. The second-order valence-corrected chi connectivity index (χ2v) is 6.50. The monoisotopic (exact) mass is 296 g/mol. The summed E-state index contributed by atoms with van der Waals surface area (Å²) < 4.78 is 5.31. The number of hydrogen-bond donors (Lipinski definition) is 1. The van der Waals surface area contributed by atoms with Gasteiger partial charge in [0.15, 0.2) is 5.78 Å². The van der Waals surface area contributed by atoms with E-state index in [-0.39, 0.29) is 17.6 Å². The fraction of sp³-hybridized carbons (Fsp3) is 0.421. The minimum atomic E-state index is -0.0547. The van der Waals surface area contributed by atoms with E-state index in [0.717, 1.165) is 29.7 Å². The number of carbonyl (C=O) groups excluding carboxylic acids is 1. The Morgan fingerprint density at radius 2 is 1.95 bits per heavy atom. The first-order chi connectivity index (χ1) is 10.7. The van der Waals surface area contributed by atoms with Crippen molar-refractivity contribution in [1.29, 1.82) is 0 Å². The van der Waals surface area contributed by atoms with Crippen LogP contribution in [-0.2, 0) is 11.2 Å². The Balaban J connectivity index is 1.85. The van der Waals surface area contributed by atoms with Crippen LogP contribution in [0.25, 0.3) is 5.57 Å². The zero-order valence-corrected chi connectivity index (χ0v) is 12.9. The topological polar surface area (TPSA) is 46.5 Å². The van der Waals surface area contributed by atoms with Crippen LogP contribution in [-0.4, -0.2) is 18.0 Å². The number of allylic oxidation sites excluding steroid dienone is 4. The molecule has 4 rings (SSSR count). The van der Waals surface area contributed by atoms with Crippen LogP contribution in [0.5, 0.6) is 5.75 Å². The molecule has 3 aliphatic carbocycles. The summed E-state index contributed by atoms with van der Waals surface area (Å²) in [6.45, 7) is 2.06. The van der Waals surface area contributed by atoms with Crippen LogP contribution in [0.1, 0.15) is 24.5 Å². The lowest BCUT2D eigenvalue weighted by molar-refractivity contribution is -0.118. The molecule has 3 nitrogen and oxygen atoms in total. The molecule has 1 N–H and O–H groups in total. The molecule has 0 amide bonds. The lowest BCUT2D eigenvalue weighted by atomic mass is 9.84. The Morgan fingerprint density at radius 1 is 1.23 bits per heavy atom. The number of carbonyl (C=O) groups is 1. The molecular weight excluding hydrogens is 276 g/mol. The van der Waals surface area contributed by atoms with Crippen molar-refractivity contribution >= 4 is 11.4 Å². The number of rotatable bonds is 3. The van der Waals surface area contributed by atoms with Gasteiger partial charge in [-0.15, -0.1) is 0 Å². The number of hydrogen-bond acceptors (Lipinski definition) is 3. The first kappa shape index (κ1) is 13.6. The zero-order chi connectivity index (χ0) is 15.4. The number of aryl methyl sites for hydroxylation is 1. The third-order valence-corrected chi connectivity index (χ3v) is 5.55. The van der Waals surface area contributed by atoms with Gasteiger partial charge in [0, 0.05) is 11.8 Å². The molecule has 2 unspecified atom stereocenters. The van der Waals surface area contributed by atoms with Gasteiger partial charge in [-0.05, 0) is 47.9 Å². The van der Waals surface area contributed by atoms with E-state index >= 15 is 0 Å². The molecule has 3 aliphatic rings. The van der Waals surface area contributed by atoms with Crippen LogP contribution < -0.4 is 4.74 Å². The molecule has 1 aromatic carbocycles. The lowest BCUT2D eigenvalue weighted by Gasteiger charge is -2.19. The highest BCUT2D eigenvalue weighted by molar-refractivity contribution is 6.25. The molecule has 2 bridgehead atoms. The normalized spacial score (nSPS) is 32.0. The van der Waals surface area contributed by atoms with Crippen molar-refractivity contribution < 1.29 is 14.6 Å². The molecule has 1 saturated carbocycles. The number of ketones is 1. The SMILES string of the molecule is CCc1ccc(OC)cc1C1=C(O)C2C(C1=O)[C@@H]1C=C[C@H]2C1. The smallest absolute Gasteiger partial charge is 0.171 e. The van der Waals surface area contributed by atoms with E-state index in [1.54, 1.807) is 7.11 Å². The quantitative estimate of drug-likeness (QED) is 0.868. The van der Waals surface area contributed by atoms with E-state index in [0.29, 0.717) is 23.2 Å². The molecule has 0 heterocycles. The number of ether oxygens (including phenoxy) is 1. The third kappa shape index (κ3) is 1.65. The van der Waals surface area contributed by atoms with Crippen LogP contribution in [0, 0.1) is 23.7 Å². The van der Waals surface area contributed by atoms with E-state index < -0.39 is 0 Å². The summed E-state index contributed by atoms with van der Waals surface area (Å²) >= 11 is 0. The third-order valence-electron chi connectivity index (χ3n) is 5.55. The van der Waals surface area contributed by atoms with Crippen molar-refractivity contribution in [2.24, 2.45) is 23.7 Å². The zero-order valence-electron chi connectivity index (χ0n) is 12.9. The fourth-order valence-electron chi connectivity index (χ4n) is 4.51. The molecule has 0 aromatic heterocycles. The van der Waals surface area contributed by atoms with Gasteiger partial charge in [0.1, 0.15) is 11.5 Å². The largest absolute Gasteiger partial charge is 0.511 e. The fourth-order valence-corrected chi connectivity index (χ4v) is 4.51. The van der Waals surface area contributed by atoms with Crippen LogP contribution in [0.2, 0.25) is 0 Å². The van der Waals surface area contributed by atoms with Crippen LogP contribution >= 0.6 is 0 Å². The molecule has 1 fully saturated rings. The highest BCUT2D eigenvalue weighted by atomic mass is 16.5. The van der Waals surface area contributed by atoms with Gasteiger partial charge in [0.2, 0.25) is 0 Å². The van der Waals surface area contributed by atoms with E-state index in [4.69, 9.17) is 4.74 Å². The van der Waals surface area contributed by atoms with Crippen molar-refractivity contribution in [2.45, 2.75) is 19.8 Å². The van der Waals surface area contributed by atoms with Crippen LogP contribution in [0.4, 0.5) is 0 Å². The molecule has 114 valence electrons. The molecule has 3 heteroatoms. The Hall–Kier alpha value is -2.03. The highest BCUT2D eigenvalue weighted by Gasteiger charge is 2.55. The van der Waals surface area contributed by atoms with E-state index in [2.05, 4.69) is 19.1 Å². The van der Waals surface area contributed by atoms with Gasteiger partial charge in [-0.2, -0.15) is 0 Å². The molecule has 4 atom stereocenters. The number of fused-ring (bicyclic) bond motifs is 5. The van der Waals surface area contributed by atoms with Crippen molar-refractivity contribution in [3.8, 4) is 5.75 Å². The van der Waals surface area contributed by atoms with Crippen molar-refractivity contribution in [2.75, 3.05) is 7.11 Å². The van der Waals surface area contributed by atoms with Gasteiger partial charge in [0.05, 0.1) is 12.7 Å². The van der Waals surface area contributed by atoms with E-state index in [9.17, 15) is 9.90 Å². The molecule has 1 aromatic rings. The molecule has 0 radical (unpaired) electrons. The Morgan fingerprint density at radius 3 is 2.59 bits per heavy atom. The average Bonchev–Trinajstić information content (AvgIpc) is 3.21. The number of aliphatic hydroxyl groups excluding tert-OH is 1. The second kappa shape index (κ2) is 4.73. The van der Waals surface area contributed by atoms with Gasteiger partial charge in [-0.25, -0.2) is 0 Å². The second-order valence-electron chi connectivity index (χ2n) is 6.50. The predicted octanol–water partition coefficient (Wildman–Crippen LogP) is 3.55. The average molecular weight is 296 g/mol. The van der Waals surface area contributed by atoms with Gasteiger partial charge < -0.3 is 9.84 Å². The van der Waals surface area contributed by atoms with Crippen LogP contribution in [0.15, 0.2) is 36.1 Å². The summed E-state index contributed by atoms with van der Waals surface area (Å²) in [6, 6.07) is 5.78. The van der Waals surface area contributed by atoms with Gasteiger partial charge in [0.25, 0.3) is 0 Å². The highest BCUT2D eigenvalue weighted by Crippen LogP contribution is 2.57. The number of benzene rings is 1. The van der Waals surface area contributed by atoms with Gasteiger partial charge in [-0.3, -0.25) is 4.79 Å². The van der Waals surface area contributed by atoms with Crippen molar-refractivity contribution in [3.63, 3.8) is 0 Å². The van der Waals surface area contributed by atoms with E-state index in [1.807, 2.05) is 18.2 Å². The minimum absolute atomic E-state index is 0.00610. The Kier molecular flexibility index (Phi) is 2.93. The number of aliphatic hydroxyl groups is 1. The summed E-state index contributed by atoms with van der Waals surface area (Å²) in [7, 11) is 1.62. The van der Waals surface area contributed by atoms with Crippen LogP contribution in [0.3, 0.4) is 0 Å². The minimum Gasteiger partial charge on any atom is -0.511 e. The maximum Gasteiger partial charge on any atom is 0.171 e. The molecule has 0 saturated heterocycles. The predicted molar refractivity (Wildman–Crippen MR) is 84.6 cm³/mol. The summed E-state index contributed by atoms with van der Waals surface area (Å²) in [5.74, 6) is 1.70. The summed E-state index contributed by atoms with van der Waals surface area (Å²) in [5.41, 5.74) is 2.46. The molecule has 0 spiro atoms. The summed E-state index contributed by atoms with van der Waals surface area (Å²) in [5, 5.41) is 10.8. The molecular formula is C19H20O3. The van der Waals surface area contributed by atoms with E-state index in [1.165, 1.54) is 0 Å². The maximum absolute atomic E-state index is 13.0. The standard InChI is InChI=1S/C19H20O3/c1-3-10-6-7-13(22-2)9-14(10)17-18(20)15-11-4-5-12(8-11)16(15)19(17)21/h4-7,9,11-12,15-16,20H,3,8H2,1-2H3/t11-,12+,15?,16?/m0/s1. The number of Topliss-reactive ketones (excluding diaryl/α,β-unsaturated/α-hetero) is 1. The lowest BCUT2D eigenvalue weighted by Crippen LogP contribution is -2.22. The molecule has 22 heavy (non-hydrogen) atoms. The van der Waals surface area contributed by atoms with Gasteiger partial charge >= 0.3 is 0 Å². The van der Waals surface area contributed by atoms with Gasteiger partial charge in [-0.1, -0.05) is 25.1 Å². The molecule has 0 aliphatic heterocycles. The summed E-state index contributed by atoms with van der Waals surface area (Å²) in [4.78, 5) is 13.0. The Bertz CT molecular complexity index is 713. The first-order valence-electron chi connectivity index (χ1n) is 7.98. The first-order valence-corrected chi connectivity index (χ1v) is 7.98. The van der Waals surface area contributed by atoms with Crippen molar-refractivity contribution in [3.05, 3.63) is 47.2 Å². The van der Waals surface area contributed by atoms with Crippen molar-refractivity contribution in [1.82, 2.24) is 0 Å².